The Labute approximate surface area is 173 Å². The van der Waals surface area contributed by atoms with Crippen molar-refractivity contribution in [3.8, 4) is 28.9 Å². The van der Waals surface area contributed by atoms with Gasteiger partial charge in [-0.25, -0.2) is 0 Å². The highest BCUT2D eigenvalue weighted by Gasteiger charge is 2.16. The van der Waals surface area contributed by atoms with Crippen LogP contribution in [-0.4, -0.2) is 21.9 Å². The number of benzene rings is 3. The number of thioether (sulfide) groups is 1. The van der Waals surface area contributed by atoms with E-state index in [4.69, 9.17) is 10.00 Å². The standard InChI is InChI=1S/C23H18N4OS/c1-28-21-12-10-19(11-13-21)22-25-26-23(27(22)20-8-3-2-4-9-20)29-16-18-7-5-6-17(14-18)15-24/h2-14H,16H2,1H3. The molecule has 0 aliphatic carbocycles. The lowest BCUT2D eigenvalue weighted by molar-refractivity contribution is 0.415. The van der Waals surface area contributed by atoms with E-state index in [0.29, 0.717) is 11.3 Å². The maximum atomic E-state index is 9.11. The van der Waals surface area contributed by atoms with Crippen molar-refractivity contribution in [3.05, 3.63) is 90.0 Å². The molecule has 0 N–H and O–H groups in total. The lowest BCUT2D eigenvalue weighted by Crippen LogP contribution is -1.99. The summed E-state index contributed by atoms with van der Waals surface area (Å²) in [6.07, 6.45) is 0. The second-order valence-corrected chi connectivity index (χ2v) is 7.25. The number of nitriles is 1. The summed E-state index contributed by atoms with van der Waals surface area (Å²) in [6.45, 7) is 0. The third-order valence-electron chi connectivity index (χ3n) is 4.42. The molecular weight excluding hydrogens is 380 g/mol. The first-order valence-corrected chi connectivity index (χ1v) is 10.0. The zero-order valence-electron chi connectivity index (χ0n) is 15.8. The van der Waals surface area contributed by atoms with Crippen molar-refractivity contribution in [2.45, 2.75) is 10.9 Å². The predicted octanol–water partition coefficient (Wildman–Crippen LogP) is 5.11. The molecule has 0 saturated heterocycles. The normalized spacial score (nSPS) is 10.5. The lowest BCUT2D eigenvalue weighted by Gasteiger charge is -2.11. The molecule has 6 heteroatoms. The molecule has 142 valence electrons. The number of para-hydroxylation sites is 1. The van der Waals surface area contributed by atoms with Crippen LogP contribution >= 0.6 is 11.8 Å². The summed E-state index contributed by atoms with van der Waals surface area (Å²) in [5.41, 5.74) is 3.69. The molecule has 0 amide bonds. The van der Waals surface area contributed by atoms with Gasteiger partial charge in [-0.05, 0) is 54.1 Å². The van der Waals surface area contributed by atoms with Crippen molar-refractivity contribution < 1.29 is 4.74 Å². The van der Waals surface area contributed by atoms with Crippen molar-refractivity contribution in [1.82, 2.24) is 14.8 Å². The molecule has 4 rings (SSSR count). The van der Waals surface area contributed by atoms with Gasteiger partial charge in [-0.15, -0.1) is 10.2 Å². The number of aromatic nitrogens is 3. The van der Waals surface area contributed by atoms with Crippen LogP contribution < -0.4 is 4.74 Å². The topological polar surface area (TPSA) is 63.7 Å². The van der Waals surface area contributed by atoms with Crippen molar-refractivity contribution in [3.63, 3.8) is 0 Å². The summed E-state index contributed by atoms with van der Waals surface area (Å²) >= 11 is 1.59. The fourth-order valence-electron chi connectivity index (χ4n) is 2.98. The predicted molar refractivity (Wildman–Crippen MR) is 114 cm³/mol. The van der Waals surface area contributed by atoms with Crippen LogP contribution in [0.3, 0.4) is 0 Å². The molecule has 29 heavy (non-hydrogen) atoms. The molecule has 0 aliphatic rings. The molecule has 1 aromatic heterocycles. The van der Waals surface area contributed by atoms with Gasteiger partial charge in [-0.2, -0.15) is 5.26 Å². The van der Waals surface area contributed by atoms with Gasteiger partial charge in [0.1, 0.15) is 5.75 Å². The van der Waals surface area contributed by atoms with Gasteiger partial charge >= 0.3 is 0 Å². The molecular formula is C23H18N4OS. The summed E-state index contributed by atoms with van der Waals surface area (Å²) < 4.78 is 7.32. The third-order valence-corrected chi connectivity index (χ3v) is 5.42. The molecule has 0 aliphatic heterocycles. The van der Waals surface area contributed by atoms with E-state index in [0.717, 1.165) is 33.5 Å². The fraction of sp³-hybridized carbons (Fsp3) is 0.0870. The van der Waals surface area contributed by atoms with E-state index in [1.54, 1.807) is 18.9 Å². The van der Waals surface area contributed by atoms with Gasteiger partial charge in [0.2, 0.25) is 0 Å². The molecule has 4 aromatic rings. The lowest BCUT2D eigenvalue weighted by atomic mass is 10.2. The molecule has 0 bridgehead atoms. The quantitative estimate of drug-likeness (QED) is 0.423. The van der Waals surface area contributed by atoms with Crippen LogP contribution in [0.1, 0.15) is 11.1 Å². The third kappa shape index (κ3) is 4.15. The highest BCUT2D eigenvalue weighted by atomic mass is 32.2. The minimum absolute atomic E-state index is 0.659. The van der Waals surface area contributed by atoms with Gasteiger partial charge in [-0.1, -0.05) is 42.1 Å². The molecule has 5 nitrogen and oxygen atoms in total. The first kappa shape index (κ1) is 18.8. The van der Waals surface area contributed by atoms with Gasteiger partial charge in [0.15, 0.2) is 11.0 Å². The van der Waals surface area contributed by atoms with E-state index in [1.807, 2.05) is 78.9 Å². The Bertz CT molecular complexity index is 1150. The molecule has 1 heterocycles. The Balaban J connectivity index is 1.70. The summed E-state index contributed by atoms with van der Waals surface area (Å²) in [4.78, 5) is 0. The first-order chi connectivity index (χ1) is 14.3. The maximum absolute atomic E-state index is 9.11. The van der Waals surface area contributed by atoms with E-state index in [2.05, 4.69) is 20.8 Å². The van der Waals surface area contributed by atoms with Crippen LogP contribution in [0, 0.1) is 11.3 Å². The monoisotopic (exact) mass is 398 g/mol. The molecule has 0 radical (unpaired) electrons. The van der Waals surface area contributed by atoms with Crippen LogP contribution in [0.15, 0.2) is 84.0 Å². The van der Waals surface area contributed by atoms with E-state index >= 15 is 0 Å². The smallest absolute Gasteiger partial charge is 0.196 e. The summed E-state index contributed by atoms with van der Waals surface area (Å²) in [6, 6.07) is 27.7. The number of hydrogen-bond donors (Lipinski definition) is 0. The van der Waals surface area contributed by atoms with Gasteiger partial charge in [0.05, 0.1) is 18.7 Å². The van der Waals surface area contributed by atoms with E-state index in [-0.39, 0.29) is 0 Å². The second-order valence-electron chi connectivity index (χ2n) is 6.31. The van der Waals surface area contributed by atoms with Gasteiger partial charge in [0, 0.05) is 17.0 Å². The average Bonchev–Trinajstić information content (AvgIpc) is 3.22. The zero-order chi connectivity index (χ0) is 20.1. The van der Waals surface area contributed by atoms with Crippen LogP contribution in [0.4, 0.5) is 0 Å². The number of hydrogen-bond acceptors (Lipinski definition) is 5. The first-order valence-electron chi connectivity index (χ1n) is 9.05. The maximum Gasteiger partial charge on any atom is 0.196 e. The largest absolute Gasteiger partial charge is 0.497 e. The van der Waals surface area contributed by atoms with E-state index in [9.17, 15) is 0 Å². The number of ether oxygens (including phenoxy) is 1. The van der Waals surface area contributed by atoms with Gasteiger partial charge in [-0.3, -0.25) is 4.57 Å². The van der Waals surface area contributed by atoms with Crippen molar-refractivity contribution >= 4 is 11.8 Å². The van der Waals surface area contributed by atoms with Crippen LogP contribution in [-0.2, 0) is 5.75 Å². The van der Waals surface area contributed by atoms with Crippen LogP contribution in [0.25, 0.3) is 17.1 Å². The number of methoxy groups -OCH3 is 1. The molecule has 0 unspecified atom stereocenters. The van der Waals surface area contributed by atoms with E-state index < -0.39 is 0 Å². The van der Waals surface area contributed by atoms with Crippen molar-refractivity contribution in [1.29, 1.82) is 5.26 Å². The molecule has 0 saturated carbocycles. The molecule has 0 atom stereocenters. The van der Waals surface area contributed by atoms with E-state index in [1.165, 1.54) is 0 Å². The van der Waals surface area contributed by atoms with Crippen molar-refractivity contribution in [2.75, 3.05) is 7.11 Å². The summed E-state index contributed by atoms with van der Waals surface area (Å²) in [5.74, 6) is 2.27. The Morgan fingerprint density at radius 3 is 2.48 bits per heavy atom. The minimum Gasteiger partial charge on any atom is -0.497 e. The highest BCUT2D eigenvalue weighted by molar-refractivity contribution is 7.98. The molecule has 3 aromatic carbocycles. The van der Waals surface area contributed by atoms with Crippen LogP contribution in [0.5, 0.6) is 5.75 Å². The molecule has 0 spiro atoms. The number of nitrogens with zero attached hydrogens (tertiary/aromatic N) is 4. The SMILES string of the molecule is COc1ccc(-c2nnc(SCc3cccc(C#N)c3)n2-c2ccccc2)cc1. The summed E-state index contributed by atoms with van der Waals surface area (Å²) in [5, 5.41) is 18.8. The van der Waals surface area contributed by atoms with Crippen LogP contribution in [0.2, 0.25) is 0 Å². The zero-order valence-corrected chi connectivity index (χ0v) is 16.6. The Morgan fingerprint density at radius 1 is 0.966 bits per heavy atom. The Morgan fingerprint density at radius 2 is 1.76 bits per heavy atom. The minimum atomic E-state index is 0.659. The average molecular weight is 398 g/mol. The summed E-state index contributed by atoms with van der Waals surface area (Å²) in [7, 11) is 1.65. The molecule has 0 fully saturated rings. The van der Waals surface area contributed by atoms with Gasteiger partial charge < -0.3 is 4.74 Å². The van der Waals surface area contributed by atoms with Crippen molar-refractivity contribution in [2.24, 2.45) is 0 Å². The Hall–Kier alpha value is -3.56. The number of rotatable bonds is 6. The Kier molecular flexibility index (Phi) is 5.59. The van der Waals surface area contributed by atoms with Gasteiger partial charge in [0.25, 0.3) is 0 Å². The second kappa shape index (κ2) is 8.63. The highest BCUT2D eigenvalue weighted by Crippen LogP contribution is 2.30. The fourth-order valence-corrected chi connectivity index (χ4v) is 3.87.